The van der Waals surface area contributed by atoms with Crippen LogP contribution in [-0.2, 0) is 4.74 Å². The molecule has 0 spiro atoms. The normalized spacial score (nSPS) is 16.4. The molecule has 4 rings (SSSR count). The second kappa shape index (κ2) is 8.11. The summed E-state index contributed by atoms with van der Waals surface area (Å²) in [6, 6.07) is 2.01. The van der Waals surface area contributed by atoms with Crippen molar-refractivity contribution in [1.29, 1.82) is 0 Å². The summed E-state index contributed by atoms with van der Waals surface area (Å²) in [6.45, 7) is 0.937. The first-order valence-corrected chi connectivity index (χ1v) is 9.39. The number of fused-ring (bicyclic) bond motifs is 1. The van der Waals surface area contributed by atoms with Gasteiger partial charge in [0.15, 0.2) is 5.65 Å². The van der Waals surface area contributed by atoms with Gasteiger partial charge in [-0.3, -0.25) is 4.79 Å². The largest absolute Gasteiger partial charge is 0.471 e. The molecule has 0 saturated carbocycles. The predicted molar refractivity (Wildman–Crippen MR) is 102 cm³/mol. The molecule has 1 fully saturated rings. The van der Waals surface area contributed by atoms with Crippen LogP contribution in [0.25, 0.3) is 16.8 Å². The topological polar surface area (TPSA) is 77.8 Å². The van der Waals surface area contributed by atoms with Crippen LogP contribution >= 0.6 is 11.6 Å². The molecule has 1 saturated heterocycles. The van der Waals surface area contributed by atoms with Crippen molar-refractivity contribution in [2.24, 2.45) is 0 Å². The predicted octanol–water partition coefficient (Wildman–Crippen LogP) is 3.65. The number of alkyl halides is 2. The molecule has 1 aliphatic heterocycles. The van der Waals surface area contributed by atoms with Crippen molar-refractivity contribution in [1.82, 2.24) is 19.9 Å². The number of hydrogen-bond acceptors (Lipinski definition) is 5. The van der Waals surface area contributed by atoms with E-state index < -0.39 is 23.7 Å². The van der Waals surface area contributed by atoms with Crippen molar-refractivity contribution in [3.05, 3.63) is 46.5 Å². The minimum absolute atomic E-state index is 0.0957. The molecule has 11 heteroatoms. The number of nitrogens with one attached hydrogen (secondary N) is 1. The number of rotatable bonds is 5. The molecule has 1 aromatic carbocycles. The molecule has 30 heavy (non-hydrogen) atoms. The van der Waals surface area contributed by atoms with Crippen LogP contribution in [0.4, 0.5) is 13.2 Å². The quantitative estimate of drug-likeness (QED) is 0.655. The summed E-state index contributed by atoms with van der Waals surface area (Å²) in [5, 5.41) is 6.59. The lowest BCUT2D eigenvalue weighted by molar-refractivity contribution is 0.0962. The molecule has 1 N–H and O–H groups in total. The van der Waals surface area contributed by atoms with Crippen molar-refractivity contribution < 1.29 is 27.4 Å². The summed E-state index contributed by atoms with van der Waals surface area (Å²) in [7, 11) is 1.35. The zero-order valence-corrected chi connectivity index (χ0v) is 16.4. The highest BCUT2D eigenvalue weighted by Gasteiger charge is 2.25. The molecule has 0 bridgehead atoms. The summed E-state index contributed by atoms with van der Waals surface area (Å²) >= 11 is 6.21. The summed E-state index contributed by atoms with van der Waals surface area (Å²) in [4.78, 5) is 16.3. The number of ether oxygens (including phenoxy) is 2. The summed E-state index contributed by atoms with van der Waals surface area (Å²) in [5.41, 5.74) is -0.978. The number of carbonyl (C=O) groups is 1. The maximum absolute atomic E-state index is 14.9. The highest BCUT2D eigenvalue weighted by Crippen LogP contribution is 2.35. The molecule has 158 valence electrons. The van der Waals surface area contributed by atoms with Crippen molar-refractivity contribution in [2.75, 3.05) is 20.3 Å². The maximum atomic E-state index is 14.9. The molecular formula is C19H16ClF3N4O3. The average Bonchev–Trinajstić information content (AvgIpc) is 3.37. The second-order valence-electron chi connectivity index (χ2n) is 6.63. The monoisotopic (exact) mass is 440 g/mol. The number of nitrogens with zero attached hydrogens (tertiary/aromatic N) is 3. The summed E-state index contributed by atoms with van der Waals surface area (Å²) in [6.07, 6.45) is 0.00662. The SMILES string of the molecule is CNC(=O)c1cc(-c2cnn3cc(Cl)c(O[C@H]4CCOC4)nc23)c(F)c(C(F)F)c1. The third-order valence-corrected chi connectivity index (χ3v) is 4.96. The minimum Gasteiger partial charge on any atom is -0.471 e. The first kappa shape index (κ1) is 20.4. The average molecular weight is 441 g/mol. The van der Waals surface area contributed by atoms with E-state index >= 15 is 0 Å². The standard InChI is InChI=1S/C19H16ClF3N4O3/c1-24-18(28)9-4-11(15(21)12(5-9)16(22)23)13-6-25-27-7-14(20)19(26-17(13)27)30-10-2-3-29-8-10/h4-7,10,16H,2-3,8H2,1H3,(H,24,28)/t10-/m0/s1. The van der Waals surface area contributed by atoms with Gasteiger partial charge in [-0.2, -0.15) is 10.1 Å². The van der Waals surface area contributed by atoms with E-state index in [2.05, 4.69) is 15.4 Å². The fourth-order valence-electron chi connectivity index (χ4n) is 3.19. The zero-order chi connectivity index (χ0) is 21.4. The molecular weight excluding hydrogens is 425 g/mol. The zero-order valence-electron chi connectivity index (χ0n) is 15.7. The molecule has 1 amide bonds. The number of benzene rings is 1. The van der Waals surface area contributed by atoms with Gasteiger partial charge in [0.25, 0.3) is 12.3 Å². The first-order chi connectivity index (χ1) is 14.4. The molecule has 7 nitrogen and oxygen atoms in total. The highest BCUT2D eigenvalue weighted by atomic mass is 35.5. The van der Waals surface area contributed by atoms with E-state index in [1.165, 1.54) is 30.0 Å². The Hall–Kier alpha value is -2.85. The molecule has 2 aromatic heterocycles. The fraction of sp³-hybridized carbons (Fsp3) is 0.316. The molecule has 1 atom stereocenters. The Bertz CT molecular complexity index is 1120. The Balaban J connectivity index is 1.86. The molecule has 3 heterocycles. The minimum atomic E-state index is -3.11. The van der Waals surface area contributed by atoms with Gasteiger partial charge in [0.1, 0.15) is 16.9 Å². The number of amides is 1. The van der Waals surface area contributed by atoms with Gasteiger partial charge in [-0.05, 0) is 12.1 Å². The van der Waals surface area contributed by atoms with Crippen LogP contribution < -0.4 is 10.1 Å². The Morgan fingerprint density at radius 1 is 1.40 bits per heavy atom. The third kappa shape index (κ3) is 3.68. The number of aromatic nitrogens is 3. The lowest BCUT2D eigenvalue weighted by Crippen LogP contribution is -2.18. The van der Waals surface area contributed by atoms with Crippen LogP contribution in [0.3, 0.4) is 0 Å². The van der Waals surface area contributed by atoms with E-state index in [1.807, 2.05) is 0 Å². The highest BCUT2D eigenvalue weighted by molar-refractivity contribution is 6.31. The number of carbonyl (C=O) groups excluding carboxylic acids is 1. The van der Waals surface area contributed by atoms with Gasteiger partial charge >= 0.3 is 0 Å². The van der Waals surface area contributed by atoms with Gasteiger partial charge in [0.05, 0.1) is 31.2 Å². The van der Waals surface area contributed by atoms with Crippen LogP contribution in [0.15, 0.2) is 24.5 Å². The van der Waals surface area contributed by atoms with E-state index in [1.54, 1.807) is 0 Å². The van der Waals surface area contributed by atoms with Crippen molar-refractivity contribution in [2.45, 2.75) is 19.0 Å². The molecule has 0 aliphatic carbocycles. The van der Waals surface area contributed by atoms with E-state index in [0.29, 0.717) is 19.6 Å². The van der Waals surface area contributed by atoms with Gasteiger partial charge < -0.3 is 14.8 Å². The van der Waals surface area contributed by atoms with E-state index in [4.69, 9.17) is 21.1 Å². The van der Waals surface area contributed by atoms with Crippen molar-refractivity contribution in [3.8, 4) is 17.0 Å². The van der Waals surface area contributed by atoms with Crippen LogP contribution in [0, 0.1) is 5.82 Å². The van der Waals surface area contributed by atoms with E-state index in [-0.39, 0.29) is 39.3 Å². The Kier molecular flexibility index (Phi) is 5.52. The Morgan fingerprint density at radius 3 is 2.87 bits per heavy atom. The molecule has 0 unspecified atom stereocenters. The fourth-order valence-corrected chi connectivity index (χ4v) is 3.37. The van der Waals surface area contributed by atoms with Crippen LogP contribution in [-0.4, -0.2) is 46.9 Å². The smallest absolute Gasteiger partial charge is 0.266 e. The maximum Gasteiger partial charge on any atom is 0.266 e. The molecule has 3 aromatic rings. The van der Waals surface area contributed by atoms with Gasteiger partial charge in [0, 0.05) is 30.2 Å². The third-order valence-electron chi connectivity index (χ3n) is 4.70. The lowest BCUT2D eigenvalue weighted by Gasteiger charge is -2.13. The molecule has 1 aliphatic rings. The number of hydrogen-bond donors (Lipinski definition) is 1. The van der Waals surface area contributed by atoms with Crippen LogP contribution in [0.5, 0.6) is 5.88 Å². The Labute approximate surface area is 173 Å². The van der Waals surface area contributed by atoms with Gasteiger partial charge in [-0.15, -0.1) is 0 Å². The van der Waals surface area contributed by atoms with Crippen molar-refractivity contribution >= 4 is 23.2 Å². The first-order valence-electron chi connectivity index (χ1n) is 9.01. The van der Waals surface area contributed by atoms with Gasteiger partial charge in [-0.1, -0.05) is 11.6 Å². The van der Waals surface area contributed by atoms with Crippen LogP contribution in [0.2, 0.25) is 5.02 Å². The summed E-state index contributed by atoms with van der Waals surface area (Å²) in [5.74, 6) is -1.69. The Morgan fingerprint density at radius 2 is 2.20 bits per heavy atom. The van der Waals surface area contributed by atoms with Crippen LogP contribution in [0.1, 0.15) is 28.8 Å². The molecule has 0 radical (unpaired) electrons. The van der Waals surface area contributed by atoms with Crippen molar-refractivity contribution in [3.63, 3.8) is 0 Å². The van der Waals surface area contributed by atoms with E-state index in [9.17, 15) is 18.0 Å². The van der Waals surface area contributed by atoms with Gasteiger partial charge in [-0.25, -0.2) is 17.7 Å². The summed E-state index contributed by atoms with van der Waals surface area (Å²) < 4.78 is 54.0. The second-order valence-corrected chi connectivity index (χ2v) is 7.04. The number of halogens is 4. The van der Waals surface area contributed by atoms with Gasteiger partial charge in [0.2, 0.25) is 5.88 Å². The lowest BCUT2D eigenvalue weighted by atomic mass is 10.00. The van der Waals surface area contributed by atoms with E-state index in [0.717, 1.165) is 6.07 Å².